The standard InChI is InChI=1S/C10H13N5S/c16-10(13-8-4-2-1-3-5-8)15-14-9-11-6-7-12-9/h1-5H,6-7H2,(H2,11,12,14)(H2,13,15,16). The third-order valence-electron chi connectivity index (χ3n) is 2.00. The van der Waals surface area contributed by atoms with Crippen LogP contribution < -0.4 is 21.5 Å². The van der Waals surface area contributed by atoms with E-state index in [1.807, 2.05) is 30.3 Å². The van der Waals surface area contributed by atoms with Crippen molar-refractivity contribution in [2.24, 2.45) is 4.99 Å². The van der Waals surface area contributed by atoms with E-state index < -0.39 is 0 Å². The number of hydrogen-bond donors (Lipinski definition) is 4. The summed E-state index contributed by atoms with van der Waals surface area (Å²) in [5, 5.41) is 6.61. The maximum atomic E-state index is 5.10. The minimum Gasteiger partial charge on any atom is -0.353 e. The molecule has 0 aliphatic carbocycles. The zero-order valence-electron chi connectivity index (χ0n) is 8.66. The van der Waals surface area contributed by atoms with Gasteiger partial charge in [0.05, 0.1) is 6.54 Å². The molecule has 1 aromatic rings. The van der Waals surface area contributed by atoms with Crippen LogP contribution in [0.15, 0.2) is 35.3 Å². The van der Waals surface area contributed by atoms with Gasteiger partial charge in [0, 0.05) is 12.2 Å². The molecular formula is C10H13N5S. The molecule has 0 radical (unpaired) electrons. The monoisotopic (exact) mass is 235 g/mol. The van der Waals surface area contributed by atoms with Gasteiger partial charge in [0.2, 0.25) is 5.96 Å². The topological polar surface area (TPSA) is 60.5 Å². The van der Waals surface area contributed by atoms with Gasteiger partial charge in [-0.15, -0.1) is 0 Å². The van der Waals surface area contributed by atoms with E-state index in [0.29, 0.717) is 5.11 Å². The Balaban J connectivity index is 1.76. The summed E-state index contributed by atoms with van der Waals surface area (Å²) in [7, 11) is 0. The third-order valence-corrected chi connectivity index (χ3v) is 2.20. The second-order valence-corrected chi connectivity index (χ2v) is 3.64. The largest absolute Gasteiger partial charge is 0.353 e. The summed E-state index contributed by atoms with van der Waals surface area (Å²) >= 11 is 5.10. The summed E-state index contributed by atoms with van der Waals surface area (Å²) in [6.45, 7) is 1.66. The molecule has 0 spiro atoms. The number of nitrogens with zero attached hydrogens (tertiary/aromatic N) is 1. The fourth-order valence-electron chi connectivity index (χ4n) is 1.28. The first-order chi connectivity index (χ1) is 7.84. The minimum absolute atomic E-state index is 0.502. The Morgan fingerprint density at radius 3 is 2.81 bits per heavy atom. The van der Waals surface area contributed by atoms with Crippen molar-refractivity contribution in [3.05, 3.63) is 30.3 Å². The molecule has 1 heterocycles. The van der Waals surface area contributed by atoms with Crippen molar-refractivity contribution in [3.8, 4) is 0 Å². The van der Waals surface area contributed by atoms with Crippen LogP contribution in [-0.2, 0) is 0 Å². The quantitative estimate of drug-likeness (QED) is 0.420. The summed E-state index contributed by atoms with van der Waals surface area (Å²) in [5.74, 6) is 0.720. The molecule has 84 valence electrons. The van der Waals surface area contributed by atoms with Gasteiger partial charge in [0.15, 0.2) is 5.11 Å². The Kier molecular flexibility index (Phi) is 3.55. The summed E-state index contributed by atoms with van der Waals surface area (Å²) in [4.78, 5) is 4.16. The fourth-order valence-corrected chi connectivity index (χ4v) is 1.45. The second kappa shape index (κ2) is 5.32. The highest BCUT2D eigenvalue weighted by atomic mass is 32.1. The third kappa shape index (κ3) is 3.09. The number of aliphatic imine (C=N–C) groups is 1. The van der Waals surface area contributed by atoms with E-state index in [1.165, 1.54) is 0 Å². The van der Waals surface area contributed by atoms with Gasteiger partial charge in [-0.25, -0.2) is 0 Å². The van der Waals surface area contributed by atoms with Crippen molar-refractivity contribution in [1.82, 2.24) is 16.2 Å². The van der Waals surface area contributed by atoms with Crippen LogP contribution >= 0.6 is 12.2 Å². The van der Waals surface area contributed by atoms with Crippen LogP contribution in [0.4, 0.5) is 5.69 Å². The lowest BCUT2D eigenvalue weighted by Gasteiger charge is -2.12. The Morgan fingerprint density at radius 2 is 2.12 bits per heavy atom. The molecule has 0 amide bonds. The minimum atomic E-state index is 0.502. The van der Waals surface area contributed by atoms with E-state index in [4.69, 9.17) is 12.2 Å². The number of hydrazine groups is 1. The molecule has 0 bridgehead atoms. The summed E-state index contributed by atoms with van der Waals surface area (Å²) in [6, 6.07) is 9.73. The second-order valence-electron chi connectivity index (χ2n) is 3.23. The van der Waals surface area contributed by atoms with Crippen molar-refractivity contribution >= 4 is 29.0 Å². The van der Waals surface area contributed by atoms with Gasteiger partial charge in [0.1, 0.15) is 0 Å². The molecule has 16 heavy (non-hydrogen) atoms. The Bertz CT molecular complexity index is 389. The number of para-hydroxylation sites is 1. The normalized spacial score (nSPS) is 13.6. The number of benzene rings is 1. The van der Waals surface area contributed by atoms with E-state index in [2.05, 4.69) is 26.5 Å². The lowest BCUT2D eigenvalue weighted by atomic mass is 10.3. The van der Waals surface area contributed by atoms with Crippen LogP contribution in [-0.4, -0.2) is 24.2 Å². The number of guanidine groups is 1. The number of thiocarbonyl (C=S) groups is 1. The van der Waals surface area contributed by atoms with Crippen LogP contribution in [0, 0.1) is 0 Å². The predicted molar refractivity (Wildman–Crippen MR) is 69.2 cm³/mol. The maximum absolute atomic E-state index is 5.10. The number of nitrogens with one attached hydrogen (secondary N) is 4. The Morgan fingerprint density at radius 1 is 1.31 bits per heavy atom. The van der Waals surface area contributed by atoms with Crippen LogP contribution in [0.25, 0.3) is 0 Å². The lowest BCUT2D eigenvalue weighted by Crippen LogP contribution is -2.47. The van der Waals surface area contributed by atoms with E-state index in [1.54, 1.807) is 0 Å². The summed E-state index contributed by atoms with van der Waals surface area (Å²) < 4.78 is 0. The van der Waals surface area contributed by atoms with Crippen molar-refractivity contribution in [2.75, 3.05) is 18.4 Å². The maximum Gasteiger partial charge on any atom is 0.210 e. The lowest BCUT2D eigenvalue weighted by molar-refractivity contribution is 0.835. The predicted octanol–water partition coefficient (Wildman–Crippen LogP) is 0.437. The molecule has 5 nitrogen and oxygen atoms in total. The number of hydrogen-bond acceptors (Lipinski definition) is 4. The molecule has 4 N–H and O–H groups in total. The fraction of sp³-hybridized carbons (Fsp3) is 0.200. The average Bonchev–Trinajstić information content (AvgIpc) is 2.81. The molecule has 0 atom stereocenters. The number of anilines is 1. The van der Waals surface area contributed by atoms with Crippen LogP contribution in [0.5, 0.6) is 0 Å². The Labute approximate surface area is 99.3 Å². The first-order valence-corrected chi connectivity index (χ1v) is 5.42. The van der Waals surface area contributed by atoms with Gasteiger partial charge in [-0.3, -0.25) is 15.8 Å². The molecule has 0 fully saturated rings. The van der Waals surface area contributed by atoms with Crippen LogP contribution in [0.2, 0.25) is 0 Å². The highest BCUT2D eigenvalue weighted by Crippen LogP contribution is 2.03. The van der Waals surface area contributed by atoms with Crippen molar-refractivity contribution in [2.45, 2.75) is 0 Å². The van der Waals surface area contributed by atoms with Gasteiger partial charge in [-0.2, -0.15) is 0 Å². The van der Waals surface area contributed by atoms with E-state index >= 15 is 0 Å². The first kappa shape index (κ1) is 10.7. The van der Waals surface area contributed by atoms with Crippen LogP contribution in [0.1, 0.15) is 0 Å². The molecule has 1 aliphatic rings. The molecular weight excluding hydrogens is 222 g/mol. The van der Waals surface area contributed by atoms with Gasteiger partial charge in [-0.1, -0.05) is 18.2 Å². The smallest absolute Gasteiger partial charge is 0.210 e. The molecule has 1 aliphatic heterocycles. The van der Waals surface area contributed by atoms with Gasteiger partial charge in [0.25, 0.3) is 0 Å². The van der Waals surface area contributed by atoms with E-state index in [0.717, 1.165) is 24.7 Å². The molecule has 0 unspecified atom stereocenters. The summed E-state index contributed by atoms with van der Waals surface area (Å²) in [6.07, 6.45) is 0. The summed E-state index contributed by atoms with van der Waals surface area (Å²) in [5.41, 5.74) is 6.68. The molecule has 0 saturated heterocycles. The van der Waals surface area contributed by atoms with Crippen molar-refractivity contribution in [1.29, 1.82) is 0 Å². The molecule has 6 heteroatoms. The molecule has 2 rings (SSSR count). The number of rotatable bonds is 1. The van der Waals surface area contributed by atoms with Gasteiger partial charge < -0.3 is 10.6 Å². The van der Waals surface area contributed by atoms with Crippen molar-refractivity contribution in [3.63, 3.8) is 0 Å². The molecule has 0 aromatic heterocycles. The molecule has 0 saturated carbocycles. The highest BCUT2D eigenvalue weighted by molar-refractivity contribution is 7.80. The average molecular weight is 235 g/mol. The van der Waals surface area contributed by atoms with Gasteiger partial charge >= 0.3 is 0 Å². The van der Waals surface area contributed by atoms with Gasteiger partial charge in [-0.05, 0) is 24.4 Å². The van der Waals surface area contributed by atoms with E-state index in [9.17, 15) is 0 Å². The molecule has 1 aromatic carbocycles. The highest BCUT2D eigenvalue weighted by Gasteiger charge is 2.03. The zero-order valence-corrected chi connectivity index (χ0v) is 9.47. The van der Waals surface area contributed by atoms with Crippen molar-refractivity contribution < 1.29 is 0 Å². The van der Waals surface area contributed by atoms with E-state index in [-0.39, 0.29) is 0 Å². The Hall–Kier alpha value is -1.82. The zero-order chi connectivity index (χ0) is 11.2. The first-order valence-electron chi connectivity index (χ1n) is 5.01. The SMILES string of the molecule is S=C(NNC1=NCCN1)Nc1ccccc1. The van der Waals surface area contributed by atoms with Crippen LogP contribution in [0.3, 0.4) is 0 Å².